The largest absolute Gasteiger partial charge is 0.456 e. The third kappa shape index (κ3) is 2.98. The van der Waals surface area contributed by atoms with Crippen LogP contribution in [0.5, 0.6) is 11.5 Å². The normalized spacial score (nSPS) is 9.13. The van der Waals surface area contributed by atoms with Crippen LogP contribution >= 0.6 is 11.6 Å². The molecular weight excluding hydrogens is 210 g/mol. The van der Waals surface area contributed by atoms with Crippen molar-refractivity contribution in [1.82, 2.24) is 6.15 Å². The summed E-state index contributed by atoms with van der Waals surface area (Å²) in [6.07, 6.45) is 0. The van der Waals surface area contributed by atoms with Crippen LogP contribution in [0.2, 0.25) is 5.02 Å². The molecule has 3 heteroatoms. The Morgan fingerprint density at radius 1 is 0.800 bits per heavy atom. The maximum atomic E-state index is 5.95. The summed E-state index contributed by atoms with van der Waals surface area (Å²) < 4.78 is 5.58. The predicted octanol–water partition coefficient (Wildman–Crippen LogP) is 4.29. The van der Waals surface area contributed by atoms with Gasteiger partial charge in [0.05, 0.1) is 5.02 Å². The summed E-state index contributed by atoms with van der Waals surface area (Å²) >= 11 is 5.95. The van der Waals surface area contributed by atoms with Crippen LogP contribution in [-0.4, -0.2) is 0 Å². The summed E-state index contributed by atoms with van der Waals surface area (Å²) in [6.45, 7) is 0. The van der Waals surface area contributed by atoms with E-state index in [-0.39, 0.29) is 6.15 Å². The smallest absolute Gasteiger partial charge is 0.146 e. The van der Waals surface area contributed by atoms with Gasteiger partial charge in [0, 0.05) is 0 Å². The first kappa shape index (κ1) is 11.6. The lowest BCUT2D eigenvalue weighted by Crippen LogP contribution is -1.83. The van der Waals surface area contributed by atoms with Crippen molar-refractivity contribution in [1.29, 1.82) is 0 Å². The lowest BCUT2D eigenvalue weighted by molar-refractivity contribution is 0.483. The SMILES string of the molecule is Clc1ccccc1Oc1ccccc1.N. The Bertz CT molecular complexity index is 417. The first-order valence-electron chi connectivity index (χ1n) is 4.34. The molecule has 0 aliphatic rings. The van der Waals surface area contributed by atoms with Crippen molar-refractivity contribution < 1.29 is 4.74 Å². The maximum Gasteiger partial charge on any atom is 0.146 e. The zero-order chi connectivity index (χ0) is 9.80. The molecule has 2 aromatic carbocycles. The summed E-state index contributed by atoms with van der Waals surface area (Å²) in [4.78, 5) is 0. The molecule has 0 aliphatic carbocycles. The molecule has 0 aliphatic heterocycles. The van der Waals surface area contributed by atoms with Crippen LogP contribution in [-0.2, 0) is 0 Å². The third-order valence-corrected chi connectivity index (χ3v) is 2.12. The molecule has 0 saturated heterocycles. The number of hydrogen-bond donors (Lipinski definition) is 1. The Labute approximate surface area is 94.0 Å². The quantitative estimate of drug-likeness (QED) is 0.822. The van der Waals surface area contributed by atoms with Crippen LogP contribution in [0.15, 0.2) is 54.6 Å². The van der Waals surface area contributed by atoms with E-state index in [0.717, 1.165) is 5.75 Å². The summed E-state index contributed by atoms with van der Waals surface area (Å²) in [5, 5.41) is 0.622. The van der Waals surface area contributed by atoms with Crippen molar-refractivity contribution in [3.8, 4) is 11.5 Å². The van der Waals surface area contributed by atoms with Crippen LogP contribution in [0, 0.1) is 0 Å². The van der Waals surface area contributed by atoms with Gasteiger partial charge in [-0.25, -0.2) is 0 Å². The van der Waals surface area contributed by atoms with Crippen LogP contribution in [0.3, 0.4) is 0 Å². The zero-order valence-corrected chi connectivity index (χ0v) is 8.95. The second-order valence-corrected chi connectivity index (χ2v) is 3.25. The topological polar surface area (TPSA) is 44.2 Å². The number of halogens is 1. The molecule has 15 heavy (non-hydrogen) atoms. The first-order chi connectivity index (χ1) is 6.86. The summed E-state index contributed by atoms with van der Waals surface area (Å²) in [7, 11) is 0. The highest BCUT2D eigenvalue weighted by Crippen LogP contribution is 2.28. The van der Waals surface area contributed by atoms with E-state index < -0.39 is 0 Å². The van der Waals surface area contributed by atoms with Crippen LogP contribution in [0.25, 0.3) is 0 Å². The Kier molecular flexibility index (Phi) is 4.16. The van der Waals surface area contributed by atoms with Crippen molar-refractivity contribution in [2.45, 2.75) is 0 Å². The minimum absolute atomic E-state index is 0. The molecule has 0 heterocycles. The van der Waals surface area contributed by atoms with E-state index in [4.69, 9.17) is 16.3 Å². The highest BCUT2D eigenvalue weighted by atomic mass is 35.5. The van der Waals surface area contributed by atoms with Gasteiger partial charge in [-0.1, -0.05) is 41.9 Å². The number of hydrogen-bond acceptors (Lipinski definition) is 2. The minimum atomic E-state index is 0. The van der Waals surface area contributed by atoms with E-state index in [1.807, 2.05) is 48.5 Å². The molecule has 0 aromatic heterocycles. The second kappa shape index (κ2) is 5.39. The Balaban J connectivity index is 0.00000112. The van der Waals surface area contributed by atoms with Gasteiger partial charge < -0.3 is 10.9 Å². The molecule has 0 unspecified atom stereocenters. The van der Waals surface area contributed by atoms with Crippen molar-refractivity contribution in [3.63, 3.8) is 0 Å². The van der Waals surface area contributed by atoms with Crippen molar-refractivity contribution in [2.24, 2.45) is 0 Å². The molecule has 0 bridgehead atoms. The predicted molar refractivity (Wildman–Crippen MR) is 63.0 cm³/mol. The molecule has 0 radical (unpaired) electrons. The second-order valence-electron chi connectivity index (χ2n) is 2.85. The number of ether oxygens (including phenoxy) is 1. The van der Waals surface area contributed by atoms with E-state index in [9.17, 15) is 0 Å². The summed E-state index contributed by atoms with van der Waals surface area (Å²) in [5.74, 6) is 1.47. The third-order valence-electron chi connectivity index (χ3n) is 1.81. The molecule has 2 nitrogen and oxygen atoms in total. The highest BCUT2D eigenvalue weighted by Gasteiger charge is 1.99. The van der Waals surface area contributed by atoms with E-state index >= 15 is 0 Å². The average Bonchev–Trinajstić information content (AvgIpc) is 2.23. The van der Waals surface area contributed by atoms with Gasteiger partial charge in [-0.05, 0) is 24.3 Å². The van der Waals surface area contributed by atoms with Gasteiger partial charge in [-0.15, -0.1) is 0 Å². The highest BCUT2D eigenvalue weighted by molar-refractivity contribution is 6.32. The van der Waals surface area contributed by atoms with Crippen LogP contribution < -0.4 is 10.9 Å². The summed E-state index contributed by atoms with van der Waals surface area (Å²) in [5.41, 5.74) is 0. The maximum absolute atomic E-state index is 5.95. The van der Waals surface area contributed by atoms with Gasteiger partial charge in [0.2, 0.25) is 0 Å². The van der Waals surface area contributed by atoms with Gasteiger partial charge in [0.15, 0.2) is 0 Å². The van der Waals surface area contributed by atoms with Gasteiger partial charge in [0.1, 0.15) is 11.5 Å². The fourth-order valence-corrected chi connectivity index (χ4v) is 1.32. The van der Waals surface area contributed by atoms with Gasteiger partial charge >= 0.3 is 0 Å². The van der Waals surface area contributed by atoms with Crippen LogP contribution in [0.4, 0.5) is 0 Å². The van der Waals surface area contributed by atoms with Crippen LogP contribution in [0.1, 0.15) is 0 Å². The van der Waals surface area contributed by atoms with Crippen molar-refractivity contribution in [2.75, 3.05) is 0 Å². The van der Waals surface area contributed by atoms with Gasteiger partial charge in [-0.3, -0.25) is 0 Å². The monoisotopic (exact) mass is 221 g/mol. The van der Waals surface area contributed by atoms with Gasteiger partial charge in [-0.2, -0.15) is 0 Å². The average molecular weight is 222 g/mol. The van der Waals surface area contributed by atoms with Gasteiger partial charge in [0.25, 0.3) is 0 Å². The molecule has 0 fully saturated rings. The molecule has 78 valence electrons. The van der Waals surface area contributed by atoms with Crippen molar-refractivity contribution >= 4 is 11.6 Å². The molecule has 2 rings (SSSR count). The lowest BCUT2D eigenvalue weighted by atomic mass is 10.3. The standard InChI is InChI=1S/C12H9ClO.H3N/c13-11-8-4-5-9-12(11)14-10-6-2-1-3-7-10;/h1-9H;1H3. The molecule has 0 saturated carbocycles. The van der Waals surface area contributed by atoms with E-state index in [0.29, 0.717) is 10.8 Å². The molecular formula is C12H12ClNO. The number of para-hydroxylation sites is 2. The van der Waals surface area contributed by atoms with Crippen molar-refractivity contribution in [3.05, 3.63) is 59.6 Å². The van der Waals surface area contributed by atoms with E-state index in [1.165, 1.54) is 0 Å². The zero-order valence-electron chi connectivity index (χ0n) is 8.19. The minimum Gasteiger partial charge on any atom is -0.456 e. The summed E-state index contributed by atoms with van der Waals surface area (Å²) in [6, 6.07) is 17.0. The Morgan fingerprint density at radius 2 is 1.40 bits per heavy atom. The molecule has 2 aromatic rings. The fraction of sp³-hybridized carbons (Fsp3) is 0. The molecule has 0 atom stereocenters. The van der Waals surface area contributed by atoms with E-state index in [2.05, 4.69) is 0 Å². The molecule has 0 amide bonds. The first-order valence-corrected chi connectivity index (χ1v) is 4.71. The van der Waals surface area contributed by atoms with E-state index in [1.54, 1.807) is 6.07 Å². The molecule has 3 N–H and O–H groups in total. The number of rotatable bonds is 2. The number of benzene rings is 2. The Morgan fingerprint density at radius 3 is 2.07 bits per heavy atom. The molecule has 0 spiro atoms. The Hall–Kier alpha value is -1.51. The fourth-order valence-electron chi connectivity index (χ4n) is 1.14. The lowest BCUT2D eigenvalue weighted by Gasteiger charge is -2.06.